The minimum atomic E-state index is 0.177. The van der Waals surface area contributed by atoms with Crippen LogP contribution in [0.5, 0.6) is 0 Å². The molecule has 1 aromatic heterocycles. The van der Waals surface area contributed by atoms with Gasteiger partial charge in [0, 0.05) is 16.7 Å². The summed E-state index contributed by atoms with van der Waals surface area (Å²) in [6.07, 6.45) is 0. The molecule has 1 heterocycles. The standard InChI is InChI=1S/C14H17BrN2S/c1-9-5-12(6-10(2)14(9)15)17-13(7-16)11-3-4-18-8-11/h3-6,8,13,17H,7,16H2,1-2H3. The van der Waals surface area contributed by atoms with E-state index >= 15 is 0 Å². The molecule has 0 fully saturated rings. The molecule has 0 saturated carbocycles. The Balaban J connectivity index is 2.23. The van der Waals surface area contributed by atoms with E-state index in [0.29, 0.717) is 6.54 Å². The fourth-order valence-electron chi connectivity index (χ4n) is 1.98. The van der Waals surface area contributed by atoms with Crippen molar-refractivity contribution in [2.24, 2.45) is 5.73 Å². The van der Waals surface area contributed by atoms with E-state index in [0.717, 1.165) is 5.69 Å². The molecule has 2 rings (SSSR count). The first-order valence-electron chi connectivity index (χ1n) is 5.87. The maximum absolute atomic E-state index is 5.85. The first kappa shape index (κ1) is 13.6. The molecule has 1 unspecified atom stereocenters. The highest BCUT2D eigenvalue weighted by molar-refractivity contribution is 9.10. The highest BCUT2D eigenvalue weighted by Crippen LogP contribution is 2.27. The van der Waals surface area contributed by atoms with Gasteiger partial charge in [0.15, 0.2) is 0 Å². The van der Waals surface area contributed by atoms with Gasteiger partial charge in [0.2, 0.25) is 0 Å². The second-order valence-corrected chi connectivity index (χ2v) is 5.99. The molecule has 4 heteroatoms. The molecule has 0 aliphatic rings. The van der Waals surface area contributed by atoms with E-state index in [9.17, 15) is 0 Å². The predicted molar refractivity (Wildman–Crippen MR) is 83.4 cm³/mol. The van der Waals surface area contributed by atoms with Crippen molar-refractivity contribution in [2.45, 2.75) is 19.9 Å². The van der Waals surface area contributed by atoms with Crippen LogP contribution in [0.15, 0.2) is 33.4 Å². The molecule has 0 bridgehead atoms. The third kappa shape index (κ3) is 2.94. The number of aryl methyl sites for hydroxylation is 2. The Kier molecular flexibility index (Phi) is 4.43. The number of halogens is 1. The van der Waals surface area contributed by atoms with Gasteiger partial charge in [0.1, 0.15) is 0 Å². The Bertz CT molecular complexity index is 500. The third-order valence-electron chi connectivity index (χ3n) is 2.96. The summed E-state index contributed by atoms with van der Waals surface area (Å²) >= 11 is 5.28. The van der Waals surface area contributed by atoms with Crippen LogP contribution in [0.3, 0.4) is 0 Å². The van der Waals surface area contributed by atoms with E-state index in [4.69, 9.17) is 5.73 Å². The molecule has 96 valence electrons. The van der Waals surface area contributed by atoms with Gasteiger partial charge in [-0.05, 0) is 59.5 Å². The molecule has 2 aromatic rings. The summed E-state index contributed by atoms with van der Waals surface area (Å²) in [6, 6.07) is 6.59. The molecule has 0 spiro atoms. The van der Waals surface area contributed by atoms with Crippen LogP contribution in [-0.4, -0.2) is 6.54 Å². The second-order valence-electron chi connectivity index (χ2n) is 4.41. The fourth-order valence-corrected chi connectivity index (χ4v) is 2.93. The zero-order valence-corrected chi connectivity index (χ0v) is 12.9. The van der Waals surface area contributed by atoms with Crippen LogP contribution >= 0.6 is 27.3 Å². The Labute approximate surface area is 120 Å². The van der Waals surface area contributed by atoms with Gasteiger partial charge in [-0.1, -0.05) is 15.9 Å². The number of thiophene rings is 1. The topological polar surface area (TPSA) is 38.0 Å². The van der Waals surface area contributed by atoms with Gasteiger partial charge < -0.3 is 11.1 Å². The van der Waals surface area contributed by atoms with E-state index in [-0.39, 0.29) is 6.04 Å². The number of anilines is 1. The summed E-state index contributed by atoms with van der Waals surface area (Å²) in [5.41, 5.74) is 10.7. The fraction of sp³-hybridized carbons (Fsp3) is 0.286. The van der Waals surface area contributed by atoms with Crippen molar-refractivity contribution in [3.8, 4) is 0 Å². The number of nitrogens with two attached hydrogens (primary N) is 1. The summed E-state index contributed by atoms with van der Waals surface area (Å²) in [5, 5.41) is 7.72. The molecule has 18 heavy (non-hydrogen) atoms. The molecule has 1 atom stereocenters. The van der Waals surface area contributed by atoms with Gasteiger partial charge in [0.05, 0.1) is 6.04 Å². The van der Waals surface area contributed by atoms with Gasteiger partial charge in [-0.25, -0.2) is 0 Å². The zero-order chi connectivity index (χ0) is 13.1. The van der Waals surface area contributed by atoms with E-state index in [1.165, 1.54) is 21.2 Å². The Hall–Kier alpha value is -0.840. The van der Waals surface area contributed by atoms with E-state index < -0.39 is 0 Å². The Morgan fingerprint density at radius 2 is 2.00 bits per heavy atom. The molecule has 2 nitrogen and oxygen atoms in total. The van der Waals surface area contributed by atoms with Gasteiger partial charge in [-0.15, -0.1) is 0 Å². The van der Waals surface area contributed by atoms with E-state index in [2.05, 4.69) is 64.1 Å². The number of hydrogen-bond acceptors (Lipinski definition) is 3. The highest BCUT2D eigenvalue weighted by Gasteiger charge is 2.11. The van der Waals surface area contributed by atoms with Crippen molar-refractivity contribution in [3.05, 3.63) is 50.1 Å². The van der Waals surface area contributed by atoms with Crippen molar-refractivity contribution in [1.29, 1.82) is 0 Å². The minimum Gasteiger partial charge on any atom is -0.377 e. The maximum atomic E-state index is 5.85. The van der Waals surface area contributed by atoms with Crippen LogP contribution in [0.1, 0.15) is 22.7 Å². The molecular weight excluding hydrogens is 308 g/mol. The summed E-state index contributed by atoms with van der Waals surface area (Å²) in [5.74, 6) is 0. The number of benzene rings is 1. The van der Waals surface area contributed by atoms with Crippen LogP contribution in [-0.2, 0) is 0 Å². The first-order valence-corrected chi connectivity index (χ1v) is 7.61. The van der Waals surface area contributed by atoms with Gasteiger partial charge >= 0.3 is 0 Å². The Morgan fingerprint density at radius 1 is 1.33 bits per heavy atom. The number of hydrogen-bond donors (Lipinski definition) is 2. The molecule has 3 N–H and O–H groups in total. The first-order chi connectivity index (χ1) is 8.61. The average Bonchev–Trinajstić information content (AvgIpc) is 2.86. The predicted octanol–water partition coefficient (Wildman–Crippen LogP) is 4.24. The zero-order valence-electron chi connectivity index (χ0n) is 10.5. The Morgan fingerprint density at radius 3 is 2.50 bits per heavy atom. The summed E-state index contributed by atoms with van der Waals surface area (Å²) in [7, 11) is 0. The SMILES string of the molecule is Cc1cc(NC(CN)c2ccsc2)cc(C)c1Br. The van der Waals surface area contributed by atoms with Crippen LogP contribution in [0.2, 0.25) is 0 Å². The molecule has 0 aliphatic carbocycles. The maximum Gasteiger partial charge on any atom is 0.0644 e. The van der Waals surface area contributed by atoms with Crippen molar-refractivity contribution in [2.75, 3.05) is 11.9 Å². The van der Waals surface area contributed by atoms with E-state index in [1.54, 1.807) is 11.3 Å². The monoisotopic (exact) mass is 324 g/mol. The van der Waals surface area contributed by atoms with Gasteiger partial charge in [-0.3, -0.25) is 0 Å². The lowest BCUT2D eigenvalue weighted by Crippen LogP contribution is -2.20. The normalized spacial score (nSPS) is 12.4. The van der Waals surface area contributed by atoms with Crippen molar-refractivity contribution in [1.82, 2.24) is 0 Å². The quantitative estimate of drug-likeness (QED) is 0.882. The highest BCUT2D eigenvalue weighted by atomic mass is 79.9. The molecule has 1 aromatic carbocycles. The van der Waals surface area contributed by atoms with Crippen molar-refractivity contribution in [3.63, 3.8) is 0 Å². The van der Waals surface area contributed by atoms with Crippen molar-refractivity contribution >= 4 is 33.0 Å². The lowest BCUT2D eigenvalue weighted by molar-refractivity contribution is 0.793. The number of nitrogens with one attached hydrogen (secondary N) is 1. The van der Waals surface area contributed by atoms with E-state index in [1.807, 2.05) is 0 Å². The van der Waals surface area contributed by atoms with Crippen LogP contribution in [0.4, 0.5) is 5.69 Å². The van der Waals surface area contributed by atoms with Crippen molar-refractivity contribution < 1.29 is 0 Å². The van der Waals surface area contributed by atoms with Gasteiger partial charge in [0.25, 0.3) is 0 Å². The number of rotatable bonds is 4. The smallest absolute Gasteiger partial charge is 0.0644 e. The minimum absolute atomic E-state index is 0.177. The lowest BCUT2D eigenvalue weighted by Gasteiger charge is -2.18. The third-order valence-corrected chi connectivity index (χ3v) is 4.91. The molecule has 0 radical (unpaired) electrons. The molecule has 0 amide bonds. The summed E-state index contributed by atoms with van der Waals surface area (Å²) < 4.78 is 1.17. The van der Waals surface area contributed by atoms with Crippen LogP contribution in [0, 0.1) is 13.8 Å². The lowest BCUT2D eigenvalue weighted by atomic mass is 10.1. The van der Waals surface area contributed by atoms with Crippen LogP contribution in [0.25, 0.3) is 0 Å². The summed E-state index contributed by atoms with van der Waals surface area (Å²) in [6.45, 7) is 4.79. The largest absolute Gasteiger partial charge is 0.377 e. The van der Waals surface area contributed by atoms with Gasteiger partial charge in [-0.2, -0.15) is 11.3 Å². The molecular formula is C14H17BrN2S. The molecule has 0 saturated heterocycles. The second kappa shape index (κ2) is 5.87. The molecule has 0 aliphatic heterocycles. The average molecular weight is 325 g/mol. The van der Waals surface area contributed by atoms with Crippen LogP contribution < -0.4 is 11.1 Å². The summed E-state index contributed by atoms with van der Waals surface area (Å²) in [4.78, 5) is 0.